The number of amidine groups is 1. The molecule has 6 N–H and O–H groups in total. The Morgan fingerprint density at radius 2 is 1.69 bits per heavy atom. The Morgan fingerprint density at radius 3 is 2.40 bits per heavy atom. The minimum atomic E-state index is -0.000868. The average Bonchev–Trinajstić information content (AvgIpc) is 3.38. The van der Waals surface area contributed by atoms with Gasteiger partial charge in [-0.15, -0.1) is 0 Å². The minimum Gasteiger partial charge on any atom is -0.489 e. The second-order valence-corrected chi connectivity index (χ2v) is 10.9. The van der Waals surface area contributed by atoms with Crippen molar-refractivity contribution in [2.24, 2.45) is 11.5 Å². The Hall–Kier alpha value is -4.46. The molecule has 0 amide bonds. The SMILES string of the molecule is CNC1CCC(N)CC1.N=C(N)c1ccc2cc(C=O)n(Cc3cc(OCc4ccccc4)cc4ccccc34)c2c1. The van der Waals surface area contributed by atoms with Crippen LogP contribution in [0.4, 0.5) is 0 Å². The number of carbonyl (C=O) groups excluding carboxylic acids is 1. The zero-order valence-corrected chi connectivity index (χ0v) is 24.1. The van der Waals surface area contributed by atoms with E-state index in [1.54, 1.807) is 6.07 Å². The van der Waals surface area contributed by atoms with E-state index < -0.39 is 0 Å². The summed E-state index contributed by atoms with van der Waals surface area (Å²) in [4.78, 5) is 11.9. The Morgan fingerprint density at radius 1 is 0.952 bits per heavy atom. The topological polar surface area (TPSA) is 119 Å². The number of benzene rings is 4. The number of rotatable bonds is 8. The maximum absolute atomic E-state index is 11.9. The lowest BCUT2D eigenvalue weighted by Gasteiger charge is -2.25. The van der Waals surface area contributed by atoms with Crippen LogP contribution in [0, 0.1) is 5.41 Å². The quantitative estimate of drug-likeness (QED) is 0.105. The van der Waals surface area contributed by atoms with Crippen molar-refractivity contribution in [2.75, 3.05) is 7.05 Å². The molecule has 6 rings (SSSR count). The Bertz CT molecular complexity index is 1670. The Labute approximate surface area is 247 Å². The van der Waals surface area contributed by atoms with Gasteiger partial charge in [0.05, 0.1) is 5.69 Å². The Balaban J connectivity index is 0.000000336. The number of hydrogen-bond acceptors (Lipinski definition) is 5. The lowest BCUT2D eigenvalue weighted by Crippen LogP contribution is -2.35. The van der Waals surface area contributed by atoms with Crippen molar-refractivity contribution in [3.8, 4) is 5.75 Å². The number of hydrogen-bond donors (Lipinski definition) is 4. The summed E-state index contributed by atoms with van der Waals surface area (Å²) in [6.07, 6.45) is 5.79. The molecular weight excluding hydrogens is 522 g/mol. The molecule has 5 aromatic rings. The van der Waals surface area contributed by atoms with Gasteiger partial charge in [-0.25, -0.2) is 0 Å². The molecule has 7 heteroatoms. The molecule has 1 aliphatic carbocycles. The van der Waals surface area contributed by atoms with Crippen LogP contribution in [0.3, 0.4) is 0 Å². The van der Waals surface area contributed by atoms with Crippen LogP contribution in [0.25, 0.3) is 21.7 Å². The summed E-state index contributed by atoms with van der Waals surface area (Å²) in [6, 6.07) is 31.0. The molecule has 4 aromatic carbocycles. The largest absolute Gasteiger partial charge is 0.489 e. The van der Waals surface area contributed by atoms with E-state index in [9.17, 15) is 4.79 Å². The standard InChI is InChI=1S/C28H23N3O2.C7H16N2/c29-28(30)22-11-10-21-12-24(17-32)31(27(21)15-22)16-23-14-25(13-20-8-4-5-9-26(20)23)33-18-19-6-2-1-3-7-19;1-9-7-4-2-6(8)3-5-7/h1-15,17H,16,18H2,(H3,29,30);6-7,9H,2-5,8H2,1H3. The van der Waals surface area contributed by atoms with Crippen LogP contribution in [0.1, 0.15) is 52.9 Å². The van der Waals surface area contributed by atoms with Crippen LogP contribution in [0.5, 0.6) is 5.75 Å². The molecule has 1 aromatic heterocycles. The van der Waals surface area contributed by atoms with Gasteiger partial charge in [0.1, 0.15) is 18.2 Å². The summed E-state index contributed by atoms with van der Waals surface area (Å²) < 4.78 is 8.10. The molecule has 0 bridgehead atoms. The normalized spacial score (nSPS) is 16.5. The number of aldehydes is 1. The highest BCUT2D eigenvalue weighted by Crippen LogP contribution is 2.29. The number of nitrogens with two attached hydrogens (primary N) is 2. The highest BCUT2D eigenvalue weighted by Gasteiger charge is 2.16. The van der Waals surface area contributed by atoms with Crippen LogP contribution in [-0.2, 0) is 13.2 Å². The van der Waals surface area contributed by atoms with Gasteiger partial charge >= 0.3 is 0 Å². The van der Waals surface area contributed by atoms with E-state index in [0.717, 1.165) is 50.9 Å². The fourth-order valence-electron chi connectivity index (χ4n) is 5.61. The number of aromatic nitrogens is 1. The number of nitrogens with one attached hydrogen (secondary N) is 2. The molecule has 0 spiro atoms. The predicted octanol–water partition coefficient (Wildman–Crippen LogP) is 5.99. The van der Waals surface area contributed by atoms with Gasteiger partial charge in [0.25, 0.3) is 0 Å². The van der Waals surface area contributed by atoms with Gasteiger partial charge in [-0.3, -0.25) is 10.2 Å². The van der Waals surface area contributed by atoms with Gasteiger partial charge < -0.3 is 26.1 Å². The van der Waals surface area contributed by atoms with E-state index in [2.05, 4.69) is 17.4 Å². The van der Waals surface area contributed by atoms with Gasteiger partial charge in [0.15, 0.2) is 6.29 Å². The van der Waals surface area contributed by atoms with Gasteiger partial charge in [-0.1, -0.05) is 66.7 Å². The lowest BCUT2D eigenvalue weighted by atomic mass is 9.92. The fourth-order valence-corrected chi connectivity index (χ4v) is 5.61. The first-order valence-corrected chi connectivity index (χ1v) is 14.5. The summed E-state index contributed by atoms with van der Waals surface area (Å²) >= 11 is 0. The maximum Gasteiger partial charge on any atom is 0.166 e. The highest BCUT2D eigenvalue weighted by atomic mass is 16.5. The van der Waals surface area contributed by atoms with Crippen molar-refractivity contribution >= 4 is 33.8 Å². The van der Waals surface area contributed by atoms with Crippen LogP contribution >= 0.6 is 0 Å². The molecule has 42 heavy (non-hydrogen) atoms. The second kappa shape index (κ2) is 13.5. The van der Waals surface area contributed by atoms with Crippen LogP contribution < -0.4 is 21.5 Å². The molecule has 0 atom stereocenters. The van der Waals surface area contributed by atoms with E-state index in [-0.39, 0.29) is 5.84 Å². The Kier molecular flexibility index (Phi) is 9.31. The molecule has 0 saturated heterocycles. The number of nitrogen functional groups attached to an aromatic ring is 1. The number of nitrogens with zero attached hydrogens (tertiary/aromatic N) is 1. The molecule has 7 nitrogen and oxygen atoms in total. The van der Waals surface area contributed by atoms with Crippen molar-refractivity contribution in [1.29, 1.82) is 5.41 Å². The number of ether oxygens (including phenoxy) is 1. The van der Waals surface area contributed by atoms with Crippen molar-refractivity contribution in [3.05, 3.63) is 113 Å². The first kappa shape index (κ1) is 29.0. The van der Waals surface area contributed by atoms with Gasteiger partial charge in [-0.2, -0.15) is 0 Å². The van der Waals surface area contributed by atoms with Crippen molar-refractivity contribution in [1.82, 2.24) is 9.88 Å². The van der Waals surface area contributed by atoms with Gasteiger partial charge in [-0.05, 0) is 78.9 Å². The molecule has 216 valence electrons. The second-order valence-electron chi connectivity index (χ2n) is 10.9. The number of carbonyl (C=O) groups is 1. The first-order valence-electron chi connectivity index (χ1n) is 14.5. The molecule has 1 saturated carbocycles. The predicted molar refractivity (Wildman–Crippen MR) is 171 cm³/mol. The van der Waals surface area contributed by atoms with Crippen molar-refractivity contribution in [3.63, 3.8) is 0 Å². The van der Waals surface area contributed by atoms with E-state index in [4.69, 9.17) is 21.6 Å². The maximum atomic E-state index is 11.9. The minimum absolute atomic E-state index is 0.000868. The van der Waals surface area contributed by atoms with Crippen molar-refractivity contribution in [2.45, 2.75) is 50.9 Å². The van der Waals surface area contributed by atoms with Crippen LogP contribution in [-0.4, -0.2) is 35.8 Å². The summed E-state index contributed by atoms with van der Waals surface area (Å²) in [5, 5.41) is 14.2. The van der Waals surface area contributed by atoms with E-state index >= 15 is 0 Å². The monoisotopic (exact) mass is 561 g/mol. The molecule has 0 radical (unpaired) electrons. The van der Waals surface area contributed by atoms with Gasteiger partial charge in [0.2, 0.25) is 0 Å². The molecule has 1 aliphatic rings. The third-order valence-corrected chi connectivity index (χ3v) is 8.05. The van der Waals surface area contributed by atoms with Gasteiger partial charge in [0, 0.05) is 35.1 Å². The summed E-state index contributed by atoms with van der Waals surface area (Å²) in [7, 11) is 2.03. The van der Waals surface area contributed by atoms with E-state index in [0.29, 0.717) is 30.5 Å². The molecule has 1 heterocycles. The zero-order chi connectivity index (χ0) is 29.5. The number of fused-ring (bicyclic) bond motifs is 2. The third kappa shape index (κ3) is 6.87. The first-order chi connectivity index (χ1) is 20.4. The fraction of sp³-hybridized carbons (Fsp3) is 0.257. The molecular formula is C35H39N5O2. The van der Waals surface area contributed by atoms with Crippen molar-refractivity contribution < 1.29 is 9.53 Å². The summed E-state index contributed by atoms with van der Waals surface area (Å²) in [5.41, 5.74) is 15.6. The van der Waals surface area contributed by atoms with E-state index in [1.165, 1.54) is 25.7 Å². The molecule has 1 fully saturated rings. The molecule has 0 aliphatic heterocycles. The van der Waals surface area contributed by atoms with E-state index in [1.807, 2.05) is 84.4 Å². The highest BCUT2D eigenvalue weighted by molar-refractivity contribution is 6.00. The lowest BCUT2D eigenvalue weighted by molar-refractivity contribution is 0.111. The summed E-state index contributed by atoms with van der Waals surface area (Å²) in [5.74, 6) is 0.778. The summed E-state index contributed by atoms with van der Waals surface area (Å²) in [6.45, 7) is 0.967. The van der Waals surface area contributed by atoms with Crippen LogP contribution in [0.15, 0.2) is 91.0 Å². The zero-order valence-electron chi connectivity index (χ0n) is 24.1. The smallest absolute Gasteiger partial charge is 0.166 e. The average molecular weight is 562 g/mol. The molecule has 0 unspecified atom stereocenters. The van der Waals surface area contributed by atoms with Crippen LogP contribution in [0.2, 0.25) is 0 Å². The third-order valence-electron chi connectivity index (χ3n) is 8.05.